The highest BCUT2D eigenvalue weighted by Gasteiger charge is 2.26. The smallest absolute Gasteiger partial charge is 0.183 e. The Morgan fingerprint density at radius 3 is 3.20 bits per heavy atom. The molecule has 1 aliphatic heterocycles. The molecule has 1 saturated heterocycles. The molecule has 1 aliphatic rings. The molecule has 2 aromatic heterocycles. The highest BCUT2D eigenvalue weighted by atomic mass is 35.5. The highest BCUT2D eigenvalue weighted by molar-refractivity contribution is 7.15. The van der Waals surface area contributed by atoms with E-state index < -0.39 is 0 Å². The molecule has 3 heterocycles. The first-order valence-corrected chi connectivity index (χ1v) is 7.77. The van der Waals surface area contributed by atoms with E-state index in [9.17, 15) is 0 Å². The third-order valence-corrected chi connectivity index (χ3v) is 4.43. The van der Waals surface area contributed by atoms with Crippen LogP contribution in [0.15, 0.2) is 12.5 Å². The summed E-state index contributed by atoms with van der Waals surface area (Å²) in [4.78, 5) is 7.59. The summed E-state index contributed by atoms with van der Waals surface area (Å²) >= 11 is 7.40. The van der Waals surface area contributed by atoms with Gasteiger partial charge in [-0.25, -0.2) is 4.98 Å². The van der Waals surface area contributed by atoms with Crippen LogP contribution in [0, 0.1) is 0 Å². The van der Waals surface area contributed by atoms with Crippen LogP contribution in [-0.2, 0) is 17.8 Å². The Balaban J connectivity index is 1.67. The van der Waals surface area contributed by atoms with Gasteiger partial charge in [0.15, 0.2) is 10.3 Å². The molecule has 0 spiro atoms. The fraction of sp³-hybridized carbons (Fsp3) is 0.583. The van der Waals surface area contributed by atoms with Crippen LogP contribution in [0.2, 0.25) is 4.47 Å². The number of hydrogen-bond acceptors (Lipinski definition) is 6. The first kappa shape index (κ1) is 13.9. The second-order valence-corrected chi connectivity index (χ2v) is 6.35. The van der Waals surface area contributed by atoms with Gasteiger partial charge in [-0.3, -0.25) is 4.90 Å². The minimum Gasteiger partial charge on any atom is -0.368 e. The zero-order valence-electron chi connectivity index (χ0n) is 11.2. The molecule has 3 rings (SSSR count). The summed E-state index contributed by atoms with van der Waals surface area (Å²) < 4.78 is 8.45. The summed E-state index contributed by atoms with van der Waals surface area (Å²) in [5.41, 5.74) is 0. The zero-order chi connectivity index (χ0) is 13.9. The predicted octanol–water partition coefficient (Wildman–Crippen LogP) is 1.98. The van der Waals surface area contributed by atoms with Crippen molar-refractivity contribution in [2.75, 3.05) is 19.7 Å². The monoisotopic (exact) mass is 313 g/mol. The summed E-state index contributed by atoms with van der Waals surface area (Å²) in [6.07, 6.45) is 3.57. The van der Waals surface area contributed by atoms with Crippen molar-refractivity contribution >= 4 is 22.9 Å². The van der Waals surface area contributed by atoms with Gasteiger partial charge in [-0.15, -0.1) is 21.5 Å². The molecular weight excluding hydrogens is 298 g/mol. The minimum atomic E-state index is -0.0189. The van der Waals surface area contributed by atoms with Crippen molar-refractivity contribution < 1.29 is 4.74 Å². The van der Waals surface area contributed by atoms with Crippen LogP contribution in [0.5, 0.6) is 0 Å². The van der Waals surface area contributed by atoms with Gasteiger partial charge in [-0.05, 0) is 6.92 Å². The first-order valence-electron chi connectivity index (χ1n) is 6.58. The van der Waals surface area contributed by atoms with Crippen molar-refractivity contribution in [3.05, 3.63) is 27.7 Å². The zero-order valence-corrected chi connectivity index (χ0v) is 12.8. The van der Waals surface area contributed by atoms with Crippen LogP contribution in [0.3, 0.4) is 0 Å². The number of aryl methyl sites for hydroxylation is 1. The average molecular weight is 314 g/mol. The maximum absolute atomic E-state index is 5.87. The third kappa shape index (κ3) is 3.01. The topological polar surface area (TPSA) is 56.1 Å². The molecule has 0 radical (unpaired) electrons. The van der Waals surface area contributed by atoms with E-state index in [-0.39, 0.29) is 6.10 Å². The largest absolute Gasteiger partial charge is 0.368 e. The summed E-state index contributed by atoms with van der Waals surface area (Å²) in [5, 5.41) is 8.16. The molecule has 8 heteroatoms. The van der Waals surface area contributed by atoms with Gasteiger partial charge in [0.25, 0.3) is 0 Å². The molecule has 1 atom stereocenters. The maximum Gasteiger partial charge on any atom is 0.183 e. The summed E-state index contributed by atoms with van der Waals surface area (Å²) in [6.45, 7) is 6.21. The van der Waals surface area contributed by atoms with Crippen LogP contribution < -0.4 is 0 Å². The summed E-state index contributed by atoms with van der Waals surface area (Å²) in [6, 6.07) is 0. The van der Waals surface area contributed by atoms with Crippen molar-refractivity contribution in [3.63, 3.8) is 0 Å². The minimum absolute atomic E-state index is 0.0189. The molecule has 0 bridgehead atoms. The molecule has 0 aliphatic carbocycles. The average Bonchev–Trinajstić information content (AvgIpc) is 3.08. The van der Waals surface area contributed by atoms with E-state index in [4.69, 9.17) is 16.3 Å². The predicted molar refractivity (Wildman–Crippen MR) is 76.8 cm³/mol. The maximum atomic E-state index is 5.87. The van der Waals surface area contributed by atoms with Crippen LogP contribution >= 0.6 is 22.9 Å². The van der Waals surface area contributed by atoms with Gasteiger partial charge in [0.2, 0.25) is 0 Å². The molecule has 108 valence electrons. The lowest BCUT2D eigenvalue weighted by Gasteiger charge is -2.32. The van der Waals surface area contributed by atoms with Crippen molar-refractivity contribution in [2.45, 2.75) is 26.1 Å². The van der Waals surface area contributed by atoms with Crippen molar-refractivity contribution in [1.82, 2.24) is 24.6 Å². The van der Waals surface area contributed by atoms with E-state index in [0.717, 1.165) is 32.0 Å². The number of aromatic nitrogens is 4. The summed E-state index contributed by atoms with van der Waals surface area (Å²) in [7, 11) is 0. The number of ether oxygens (including phenoxy) is 1. The number of halogens is 1. The van der Waals surface area contributed by atoms with E-state index in [1.165, 1.54) is 16.2 Å². The molecule has 6 nitrogen and oxygen atoms in total. The molecule has 2 aromatic rings. The molecular formula is C12H16ClN5OS. The number of nitrogens with zero attached hydrogens (tertiary/aromatic N) is 5. The normalized spacial score (nSPS) is 20.4. The molecule has 0 N–H and O–H groups in total. The highest BCUT2D eigenvalue weighted by Crippen LogP contribution is 2.24. The Kier molecular flexibility index (Phi) is 4.30. The van der Waals surface area contributed by atoms with Crippen molar-refractivity contribution in [2.24, 2.45) is 0 Å². The van der Waals surface area contributed by atoms with Gasteiger partial charge >= 0.3 is 0 Å². The number of rotatable bonds is 4. The van der Waals surface area contributed by atoms with E-state index in [2.05, 4.69) is 27.0 Å². The van der Waals surface area contributed by atoms with Crippen LogP contribution in [0.1, 0.15) is 23.7 Å². The van der Waals surface area contributed by atoms with Gasteiger partial charge in [-0.1, -0.05) is 11.6 Å². The summed E-state index contributed by atoms with van der Waals surface area (Å²) in [5.74, 6) is 0.902. The number of thiazole rings is 1. The molecule has 0 aromatic carbocycles. The van der Waals surface area contributed by atoms with Crippen molar-refractivity contribution in [1.29, 1.82) is 0 Å². The molecule has 0 saturated carbocycles. The quantitative estimate of drug-likeness (QED) is 0.864. The number of morpholine rings is 1. The molecule has 0 amide bonds. The Labute approximate surface area is 126 Å². The Morgan fingerprint density at radius 2 is 2.45 bits per heavy atom. The van der Waals surface area contributed by atoms with Crippen molar-refractivity contribution in [3.8, 4) is 0 Å². The van der Waals surface area contributed by atoms with Gasteiger partial charge in [0.05, 0.1) is 6.61 Å². The second kappa shape index (κ2) is 6.17. The van der Waals surface area contributed by atoms with Gasteiger partial charge in [-0.2, -0.15) is 0 Å². The Hall–Kier alpha value is -1.02. The number of hydrogen-bond donors (Lipinski definition) is 0. The lowest BCUT2D eigenvalue weighted by atomic mass is 10.2. The fourth-order valence-corrected chi connectivity index (χ4v) is 3.36. The third-order valence-electron chi connectivity index (χ3n) is 3.33. The standard InChI is InChI=1S/C12H16ClN5OS/c1-2-18-8-15-16-11(18)10-7-17(3-4-19-10)6-9-5-14-12(13)20-9/h5,8,10H,2-4,6-7H2,1H3. The Morgan fingerprint density at radius 1 is 1.55 bits per heavy atom. The Bertz CT molecular complexity index is 572. The molecule has 20 heavy (non-hydrogen) atoms. The fourth-order valence-electron chi connectivity index (χ4n) is 2.34. The van der Waals surface area contributed by atoms with E-state index in [1.807, 2.05) is 10.8 Å². The lowest BCUT2D eigenvalue weighted by molar-refractivity contribution is -0.0386. The van der Waals surface area contributed by atoms with Gasteiger partial charge in [0.1, 0.15) is 12.4 Å². The van der Waals surface area contributed by atoms with E-state index in [1.54, 1.807) is 6.33 Å². The lowest BCUT2D eigenvalue weighted by Crippen LogP contribution is -2.38. The van der Waals surface area contributed by atoms with Gasteiger partial charge < -0.3 is 9.30 Å². The van der Waals surface area contributed by atoms with E-state index in [0.29, 0.717) is 11.1 Å². The SMILES string of the molecule is CCn1cnnc1C1CN(Cc2cnc(Cl)s2)CCO1. The van der Waals surface area contributed by atoms with Crippen LogP contribution in [0.4, 0.5) is 0 Å². The molecule has 1 fully saturated rings. The second-order valence-electron chi connectivity index (χ2n) is 4.65. The van der Waals surface area contributed by atoms with Crippen LogP contribution in [-0.4, -0.2) is 44.3 Å². The van der Waals surface area contributed by atoms with E-state index >= 15 is 0 Å². The molecule has 1 unspecified atom stereocenters. The van der Waals surface area contributed by atoms with Gasteiger partial charge in [0, 0.05) is 37.3 Å². The first-order chi connectivity index (χ1) is 9.76. The van der Waals surface area contributed by atoms with Crippen LogP contribution in [0.25, 0.3) is 0 Å².